The van der Waals surface area contributed by atoms with E-state index in [1.54, 1.807) is 12.1 Å². The lowest BCUT2D eigenvalue weighted by molar-refractivity contribution is 0.459. The fourth-order valence-corrected chi connectivity index (χ4v) is 2.52. The van der Waals surface area contributed by atoms with Gasteiger partial charge in [-0.15, -0.1) is 10.2 Å². The van der Waals surface area contributed by atoms with Crippen molar-refractivity contribution >= 4 is 38.3 Å². The van der Waals surface area contributed by atoms with Crippen LogP contribution in [0.1, 0.15) is 0 Å². The summed E-state index contributed by atoms with van der Waals surface area (Å²) in [5.41, 5.74) is -0.0581. The smallest absolute Gasteiger partial charge is 0.332 e. The molecule has 0 fully saturated rings. The predicted molar refractivity (Wildman–Crippen MR) is 88.8 cm³/mol. The fourth-order valence-electron chi connectivity index (χ4n) is 2.16. The van der Waals surface area contributed by atoms with Crippen molar-refractivity contribution in [2.75, 3.05) is 0 Å². The highest BCUT2D eigenvalue weighted by atomic mass is 79.9. The highest BCUT2D eigenvalue weighted by molar-refractivity contribution is 9.10. The van der Waals surface area contributed by atoms with Crippen molar-refractivity contribution in [2.45, 2.75) is 0 Å². The van der Waals surface area contributed by atoms with Gasteiger partial charge in [0.1, 0.15) is 0 Å². The summed E-state index contributed by atoms with van der Waals surface area (Å²) in [6, 6.07) is 6.59. The quantitative estimate of drug-likeness (QED) is 0.669. The van der Waals surface area contributed by atoms with Crippen LogP contribution in [-0.2, 0) is 14.1 Å². The minimum absolute atomic E-state index is 0.0989. The molecule has 1 aromatic carbocycles. The van der Waals surface area contributed by atoms with Crippen molar-refractivity contribution < 1.29 is 5.11 Å². The molecular formula is C14H12BrN5O3. The molecule has 3 rings (SSSR count). The first kappa shape index (κ1) is 15.2. The van der Waals surface area contributed by atoms with Crippen LogP contribution in [0, 0.1) is 0 Å². The summed E-state index contributed by atoms with van der Waals surface area (Å²) >= 11 is 3.35. The SMILES string of the molecule is Cn1c(N=Nc2c(O)[nH]c3ccc(Br)cc23)cc(=O)n(C)c1=O. The van der Waals surface area contributed by atoms with Crippen LogP contribution < -0.4 is 11.2 Å². The summed E-state index contributed by atoms with van der Waals surface area (Å²) in [5.74, 6) is -0.0440. The van der Waals surface area contributed by atoms with Crippen molar-refractivity contribution in [3.8, 4) is 5.88 Å². The maximum Gasteiger partial charge on any atom is 0.332 e. The lowest BCUT2D eigenvalue weighted by atomic mass is 10.2. The maximum absolute atomic E-state index is 11.9. The number of fused-ring (bicyclic) bond motifs is 1. The molecule has 0 aliphatic heterocycles. The van der Waals surface area contributed by atoms with Gasteiger partial charge >= 0.3 is 5.69 Å². The van der Waals surface area contributed by atoms with Crippen LogP contribution in [-0.4, -0.2) is 19.2 Å². The van der Waals surface area contributed by atoms with E-state index in [-0.39, 0.29) is 17.4 Å². The van der Waals surface area contributed by atoms with Crippen molar-refractivity contribution in [2.24, 2.45) is 24.3 Å². The Bertz CT molecular complexity index is 1060. The third-order valence-corrected chi connectivity index (χ3v) is 3.96. The summed E-state index contributed by atoms with van der Waals surface area (Å²) in [6.07, 6.45) is 0. The van der Waals surface area contributed by atoms with Gasteiger partial charge in [-0.2, -0.15) is 0 Å². The molecule has 0 aliphatic rings. The van der Waals surface area contributed by atoms with Gasteiger partial charge in [0.2, 0.25) is 5.88 Å². The summed E-state index contributed by atoms with van der Waals surface area (Å²) in [7, 11) is 2.87. The number of aromatic amines is 1. The Balaban J connectivity index is 2.15. The zero-order chi connectivity index (χ0) is 16.7. The number of H-pyrrole nitrogens is 1. The highest BCUT2D eigenvalue weighted by Gasteiger charge is 2.11. The number of azo groups is 1. The molecule has 0 spiro atoms. The standard InChI is InChI=1S/C14H12BrN5O3/c1-19-10(6-11(21)20(2)14(19)23)17-18-12-8-5-7(15)3-4-9(8)16-13(12)22/h3-6,16,22H,1-2H3. The molecule has 118 valence electrons. The monoisotopic (exact) mass is 377 g/mol. The molecule has 0 amide bonds. The second-order valence-electron chi connectivity index (χ2n) is 4.95. The first-order chi connectivity index (χ1) is 10.9. The van der Waals surface area contributed by atoms with Gasteiger partial charge in [0.25, 0.3) is 5.56 Å². The third-order valence-electron chi connectivity index (χ3n) is 3.47. The summed E-state index contributed by atoms with van der Waals surface area (Å²) in [4.78, 5) is 26.3. The number of nitrogens with one attached hydrogen (secondary N) is 1. The number of hydrogen-bond acceptors (Lipinski definition) is 5. The van der Waals surface area contributed by atoms with E-state index in [0.717, 1.165) is 9.04 Å². The van der Waals surface area contributed by atoms with E-state index in [9.17, 15) is 14.7 Å². The van der Waals surface area contributed by atoms with Gasteiger partial charge in [-0.3, -0.25) is 13.9 Å². The molecule has 0 unspecified atom stereocenters. The minimum atomic E-state index is -0.502. The van der Waals surface area contributed by atoms with E-state index in [1.807, 2.05) is 6.07 Å². The number of hydrogen-bond donors (Lipinski definition) is 2. The fraction of sp³-hybridized carbons (Fsp3) is 0.143. The van der Waals surface area contributed by atoms with Crippen LogP contribution in [0.2, 0.25) is 0 Å². The Morgan fingerprint density at radius 1 is 1.13 bits per heavy atom. The van der Waals surface area contributed by atoms with E-state index in [0.29, 0.717) is 10.9 Å². The molecule has 0 atom stereocenters. The number of nitrogens with zero attached hydrogens (tertiary/aromatic N) is 4. The lowest BCUT2D eigenvalue weighted by Crippen LogP contribution is -2.35. The number of halogens is 1. The number of aromatic nitrogens is 3. The molecule has 2 aromatic heterocycles. The van der Waals surface area contributed by atoms with Crippen LogP contribution in [0.4, 0.5) is 11.5 Å². The van der Waals surface area contributed by atoms with Crippen LogP contribution in [0.15, 0.2) is 48.6 Å². The van der Waals surface area contributed by atoms with Crippen molar-refractivity contribution in [1.29, 1.82) is 0 Å². The molecular weight excluding hydrogens is 366 g/mol. The second kappa shape index (κ2) is 5.51. The lowest BCUT2D eigenvalue weighted by Gasteiger charge is -2.03. The molecule has 9 heteroatoms. The van der Waals surface area contributed by atoms with Gasteiger partial charge in [-0.25, -0.2) is 4.79 Å². The summed E-state index contributed by atoms with van der Waals surface area (Å²) in [5, 5.41) is 18.6. The van der Waals surface area contributed by atoms with E-state index in [1.165, 1.54) is 24.7 Å². The topological polar surface area (TPSA) is 105 Å². The predicted octanol–water partition coefficient (Wildman–Crippen LogP) is 2.45. The Hall–Kier alpha value is -2.68. The first-order valence-electron chi connectivity index (χ1n) is 6.57. The van der Waals surface area contributed by atoms with Gasteiger partial charge in [-0.05, 0) is 18.2 Å². The average Bonchev–Trinajstić information content (AvgIpc) is 2.82. The normalized spacial score (nSPS) is 11.6. The molecule has 0 bridgehead atoms. The molecule has 0 saturated carbocycles. The van der Waals surface area contributed by atoms with Gasteiger partial charge in [0.15, 0.2) is 11.5 Å². The second-order valence-corrected chi connectivity index (χ2v) is 5.87. The number of rotatable bonds is 2. The zero-order valence-electron chi connectivity index (χ0n) is 12.2. The van der Waals surface area contributed by atoms with Gasteiger partial charge in [-0.1, -0.05) is 15.9 Å². The maximum atomic E-state index is 11.9. The molecule has 2 heterocycles. The first-order valence-corrected chi connectivity index (χ1v) is 7.37. The molecule has 23 heavy (non-hydrogen) atoms. The minimum Gasteiger partial charge on any atom is -0.493 e. The summed E-state index contributed by atoms with van der Waals surface area (Å²) < 4.78 is 2.99. The molecule has 0 aliphatic carbocycles. The zero-order valence-corrected chi connectivity index (χ0v) is 13.8. The Labute approximate surface area is 137 Å². The van der Waals surface area contributed by atoms with Gasteiger partial charge < -0.3 is 10.1 Å². The van der Waals surface area contributed by atoms with Crippen LogP contribution in [0.5, 0.6) is 5.88 Å². The van der Waals surface area contributed by atoms with Crippen LogP contribution in [0.3, 0.4) is 0 Å². The van der Waals surface area contributed by atoms with Crippen molar-refractivity contribution in [3.63, 3.8) is 0 Å². The number of aromatic hydroxyl groups is 1. The van der Waals surface area contributed by atoms with Crippen molar-refractivity contribution in [3.05, 3.63) is 49.6 Å². The number of benzene rings is 1. The molecule has 2 N–H and O–H groups in total. The highest BCUT2D eigenvalue weighted by Crippen LogP contribution is 2.37. The van der Waals surface area contributed by atoms with Gasteiger partial charge in [0.05, 0.1) is 5.52 Å². The van der Waals surface area contributed by atoms with Crippen molar-refractivity contribution in [1.82, 2.24) is 14.1 Å². The van der Waals surface area contributed by atoms with Crippen LogP contribution >= 0.6 is 15.9 Å². The van der Waals surface area contributed by atoms with E-state index in [2.05, 4.69) is 31.1 Å². The van der Waals surface area contributed by atoms with Crippen LogP contribution in [0.25, 0.3) is 10.9 Å². The van der Waals surface area contributed by atoms with Gasteiger partial charge in [0, 0.05) is 30.0 Å². The van der Waals surface area contributed by atoms with E-state index >= 15 is 0 Å². The molecule has 0 radical (unpaired) electrons. The average molecular weight is 378 g/mol. The molecule has 3 aromatic rings. The molecule has 0 saturated heterocycles. The van der Waals surface area contributed by atoms with E-state index < -0.39 is 11.2 Å². The Morgan fingerprint density at radius 2 is 1.87 bits per heavy atom. The Kier molecular flexibility index (Phi) is 3.64. The van der Waals surface area contributed by atoms with E-state index in [4.69, 9.17) is 0 Å². The third kappa shape index (κ3) is 2.59. The molecule has 8 nitrogen and oxygen atoms in total. The Morgan fingerprint density at radius 3 is 2.61 bits per heavy atom. The summed E-state index contributed by atoms with van der Waals surface area (Å²) in [6.45, 7) is 0. The largest absolute Gasteiger partial charge is 0.493 e.